The Morgan fingerprint density at radius 3 is 2.71 bits per heavy atom. The number of hydrogen-bond donors (Lipinski definition) is 2. The summed E-state index contributed by atoms with van der Waals surface area (Å²) in [4.78, 5) is 8.27. The average Bonchev–Trinajstić information content (AvgIpc) is 2.58. The van der Waals surface area contributed by atoms with Crippen molar-refractivity contribution < 1.29 is 4.74 Å². The summed E-state index contributed by atoms with van der Waals surface area (Å²) in [7, 11) is 1.77. The Kier molecular flexibility index (Phi) is 9.14. The molecule has 2 aromatic rings. The molecule has 0 amide bonds. The number of aryl methyl sites for hydroxylation is 1. The summed E-state index contributed by atoms with van der Waals surface area (Å²) in [5, 5.41) is 6.65. The smallest absolute Gasteiger partial charge is 0.191 e. The van der Waals surface area contributed by atoms with Crippen molar-refractivity contribution in [2.45, 2.75) is 19.9 Å². The van der Waals surface area contributed by atoms with E-state index in [9.17, 15) is 0 Å². The molecule has 0 aliphatic carbocycles. The number of halogens is 1. The van der Waals surface area contributed by atoms with Gasteiger partial charge in [-0.25, -0.2) is 0 Å². The Bertz CT molecular complexity index is 634. The molecule has 0 spiro atoms. The van der Waals surface area contributed by atoms with Crippen LogP contribution in [0, 0.1) is 6.92 Å². The standard InChI is InChI=1S/C18H24N4O.HI/c1-14-7-4-5-9-17(14)15(2)22-18(19-3)21-11-12-23-16-8-6-10-20-13-16;/h4-10,13,15H,11-12H2,1-3H3,(H2,19,21,22);1H. The normalized spacial score (nSPS) is 12.0. The first-order chi connectivity index (χ1) is 11.2. The molecule has 0 aliphatic rings. The van der Waals surface area contributed by atoms with Gasteiger partial charge in [-0.3, -0.25) is 9.98 Å². The molecule has 130 valence electrons. The minimum absolute atomic E-state index is 0. The van der Waals surface area contributed by atoms with Gasteiger partial charge in [0, 0.05) is 13.2 Å². The number of rotatable bonds is 6. The number of aliphatic imine (C=N–C) groups is 1. The maximum atomic E-state index is 5.60. The predicted molar refractivity (Wildman–Crippen MR) is 109 cm³/mol. The first-order valence-electron chi connectivity index (χ1n) is 7.76. The zero-order valence-corrected chi connectivity index (χ0v) is 16.7. The lowest BCUT2D eigenvalue weighted by atomic mass is 10.0. The Morgan fingerprint density at radius 1 is 1.25 bits per heavy atom. The van der Waals surface area contributed by atoms with E-state index in [0.29, 0.717) is 13.2 Å². The quantitative estimate of drug-likeness (QED) is 0.313. The highest BCUT2D eigenvalue weighted by Gasteiger charge is 2.09. The molecular weight excluding hydrogens is 415 g/mol. The van der Waals surface area contributed by atoms with Crippen LogP contribution in [0.3, 0.4) is 0 Å². The van der Waals surface area contributed by atoms with Crippen LogP contribution in [0.15, 0.2) is 53.8 Å². The molecule has 24 heavy (non-hydrogen) atoms. The Morgan fingerprint density at radius 2 is 2.04 bits per heavy atom. The van der Waals surface area contributed by atoms with Crippen molar-refractivity contribution in [1.82, 2.24) is 15.6 Å². The highest BCUT2D eigenvalue weighted by Crippen LogP contribution is 2.16. The van der Waals surface area contributed by atoms with Gasteiger partial charge >= 0.3 is 0 Å². The summed E-state index contributed by atoms with van der Waals surface area (Å²) in [5.41, 5.74) is 2.53. The van der Waals surface area contributed by atoms with Crippen molar-refractivity contribution in [1.29, 1.82) is 0 Å². The SMILES string of the molecule is CN=C(NCCOc1cccnc1)NC(C)c1ccccc1C.I. The van der Waals surface area contributed by atoms with E-state index < -0.39 is 0 Å². The Balaban J connectivity index is 0.00000288. The number of aromatic nitrogens is 1. The number of nitrogens with one attached hydrogen (secondary N) is 2. The summed E-state index contributed by atoms with van der Waals surface area (Å²) in [6, 6.07) is 12.3. The second-order valence-electron chi connectivity index (χ2n) is 5.26. The minimum atomic E-state index is 0. The van der Waals surface area contributed by atoms with Crippen LogP contribution in [0.4, 0.5) is 0 Å². The number of guanidine groups is 1. The van der Waals surface area contributed by atoms with Crippen LogP contribution < -0.4 is 15.4 Å². The van der Waals surface area contributed by atoms with Gasteiger partial charge in [-0.05, 0) is 37.1 Å². The molecule has 0 bridgehead atoms. The predicted octanol–water partition coefficient (Wildman–Crippen LogP) is 3.31. The highest BCUT2D eigenvalue weighted by molar-refractivity contribution is 14.0. The fraction of sp³-hybridized carbons (Fsp3) is 0.333. The minimum Gasteiger partial charge on any atom is -0.490 e. The van der Waals surface area contributed by atoms with Crippen LogP contribution in [-0.4, -0.2) is 31.1 Å². The van der Waals surface area contributed by atoms with E-state index in [0.717, 1.165) is 11.7 Å². The van der Waals surface area contributed by atoms with E-state index in [-0.39, 0.29) is 30.0 Å². The van der Waals surface area contributed by atoms with Gasteiger partial charge in [0.15, 0.2) is 5.96 Å². The van der Waals surface area contributed by atoms with Crippen molar-refractivity contribution in [3.63, 3.8) is 0 Å². The van der Waals surface area contributed by atoms with Gasteiger partial charge in [-0.15, -0.1) is 24.0 Å². The number of hydrogen-bond acceptors (Lipinski definition) is 3. The van der Waals surface area contributed by atoms with Crippen LogP contribution in [-0.2, 0) is 0 Å². The summed E-state index contributed by atoms with van der Waals surface area (Å²) in [6.07, 6.45) is 3.43. The van der Waals surface area contributed by atoms with Crippen molar-refractivity contribution >= 4 is 29.9 Å². The van der Waals surface area contributed by atoms with Gasteiger partial charge in [-0.2, -0.15) is 0 Å². The van der Waals surface area contributed by atoms with Crippen LogP contribution >= 0.6 is 24.0 Å². The van der Waals surface area contributed by atoms with E-state index in [2.05, 4.69) is 58.7 Å². The van der Waals surface area contributed by atoms with Gasteiger partial charge in [-0.1, -0.05) is 24.3 Å². The molecule has 1 unspecified atom stereocenters. The molecule has 2 rings (SSSR count). The number of pyridine rings is 1. The van der Waals surface area contributed by atoms with Crippen molar-refractivity contribution in [2.24, 2.45) is 4.99 Å². The van der Waals surface area contributed by atoms with Gasteiger partial charge in [0.2, 0.25) is 0 Å². The van der Waals surface area contributed by atoms with E-state index in [1.807, 2.05) is 12.1 Å². The van der Waals surface area contributed by atoms with Crippen LogP contribution in [0.2, 0.25) is 0 Å². The zero-order valence-electron chi connectivity index (χ0n) is 14.3. The second kappa shape index (κ2) is 10.9. The molecule has 0 radical (unpaired) electrons. The van der Waals surface area contributed by atoms with Crippen molar-refractivity contribution in [3.8, 4) is 5.75 Å². The molecular formula is C18H25IN4O. The number of ether oxygens (including phenoxy) is 1. The zero-order chi connectivity index (χ0) is 16.5. The van der Waals surface area contributed by atoms with Gasteiger partial charge in [0.25, 0.3) is 0 Å². The van der Waals surface area contributed by atoms with E-state index in [4.69, 9.17) is 4.74 Å². The van der Waals surface area contributed by atoms with E-state index in [1.54, 1.807) is 19.4 Å². The molecule has 5 nitrogen and oxygen atoms in total. The Labute approximate surface area is 161 Å². The molecule has 0 saturated heterocycles. The lowest BCUT2D eigenvalue weighted by Gasteiger charge is -2.19. The molecule has 0 aliphatic heterocycles. The Hall–Kier alpha value is -1.83. The first-order valence-corrected chi connectivity index (χ1v) is 7.76. The van der Waals surface area contributed by atoms with Crippen LogP contribution in [0.1, 0.15) is 24.1 Å². The molecule has 0 saturated carbocycles. The van der Waals surface area contributed by atoms with Crippen LogP contribution in [0.25, 0.3) is 0 Å². The van der Waals surface area contributed by atoms with Crippen molar-refractivity contribution in [3.05, 3.63) is 59.9 Å². The number of nitrogens with zero attached hydrogens (tertiary/aromatic N) is 2. The largest absolute Gasteiger partial charge is 0.490 e. The molecule has 1 atom stereocenters. The molecule has 1 aromatic heterocycles. The first kappa shape index (κ1) is 20.2. The average molecular weight is 440 g/mol. The lowest BCUT2D eigenvalue weighted by Crippen LogP contribution is -2.40. The molecule has 2 N–H and O–H groups in total. The second-order valence-corrected chi connectivity index (χ2v) is 5.26. The maximum absolute atomic E-state index is 5.60. The van der Waals surface area contributed by atoms with E-state index >= 15 is 0 Å². The monoisotopic (exact) mass is 440 g/mol. The third-order valence-corrected chi connectivity index (χ3v) is 3.53. The van der Waals surface area contributed by atoms with Gasteiger partial charge < -0.3 is 15.4 Å². The van der Waals surface area contributed by atoms with Crippen LogP contribution in [0.5, 0.6) is 5.75 Å². The third kappa shape index (κ3) is 6.35. The third-order valence-electron chi connectivity index (χ3n) is 3.53. The summed E-state index contributed by atoms with van der Waals surface area (Å²) in [6.45, 7) is 5.45. The van der Waals surface area contributed by atoms with Gasteiger partial charge in [0.1, 0.15) is 12.4 Å². The molecule has 6 heteroatoms. The maximum Gasteiger partial charge on any atom is 0.191 e. The topological polar surface area (TPSA) is 58.5 Å². The molecule has 1 aromatic carbocycles. The summed E-state index contributed by atoms with van der Waals surface area (Å²) >= 11 is 0. The lowest BCUT2D eigenvalue weighted by molar-refractivity contribution is 0.320. The highest BCUT2D eigenvalue weighted by atomic mass is 127. The molecule has 0 fully saturated rings. The summed E-state index contributed by atoms with van der Waals surface area (Å²) in [5.74, 6) is 1.53. The fourth-order valence-electron chi connectivity index (χ4n) is 2.32. The fourth-order valence-corrected chi connectivity index (χ4v) is 2.32. The summed E-state index contributed by atoms with van der Waals surface area (Å²) < 4.78 is 5.60. The van der Waals surface area contributed by atoms with Crippen molar-refractivity contribution in [2.75, 3.05) is 20.2 Å². The van der Waals surface area contributed by atoms with E-state index in [1.165, 1.54) is 11.1 Å². The number of benzene rings is 1. The van der Waals surface area contributed by atoms with Gasteiger partial charge in [0.05, 0.1) is 18.8 Å². The molecule has 1 heterocycles.